The Hall–Kier alpha value is -1.14. The van der Waals surface area contributed by atoms with Crippen molar-refractivity contribution in [3.05, 3.63) is 0 Å². The highest BCUT2D eigenvalue weighted by Gasteiger charge is 1.82. The van der Waals surface area contributed by atoms with E-state index in [0.29, 0.717) is 0 Å². The molecule has 0 aliphatic carbocycles. The van der Waals surface area contributed by atoms with Crippen molar-refractivity contribution in [2.75, 3.05) is 0 Å². The first kappa shape index (κ1) is 15.3. The fourth-order valence-electron chi connectivity index (χ4n) is 0.0587. The van der Waals surface area contributed by atoms with E-state index in [1.165, 1.54) is 6.92 Å². The van der Waals surface area contributed by atoms with Gasteiger partial charge in [0.1, 0.15) is 0 Å². The highest BCUT2D eigenvalue weighted by atomic mass is 35.5. The van der Waals surface area contributed by atoms with Crippen molar-refractivity contribution < 1.29 is 31.8 Å². The number of halogens is 2. The topological polar surface area (TPSA) is 97.7 Å². The fourth-order valence-corrected chi connectivity index (χ4v) is 0.0587. The maximum Gasteiger partial charge on any atom is 0.310 e. The lowest BCUT2D eigenvalue weighted by Gasteiger charge is -1.78. The van der Waals surface area contributed by atoms with Crippen LogP contribution in [0.5, 0.6) is 0 Å². The molecule has 0 aromatic rings. The Kier molecular flexibility index (Phi) is 24.8. The molecule has 0 saturated carbocycles. The number of hydrogen-bond donors (Lipinski definition) is 1. The summed E-state index contributed by atoms with van der Waals surface area (Å²) in [6, 6.07) is 0. The van der Waals surface area contributed by atoms with Gasteiger partial charge in [0.25, 0.3) is 6.45 Å². The molecule has 0 aromatic carbocycles. The summed E-state index contributed by atoms with van der Waals surface area (Å²) in [5.41, 5.74) is 0. The van der Waals surface area contributed by atoms with E-state index in [1.54, 1.807) is 0 Å². The average Bonchev–Trinajstić information content (AvgIpc) is 1.78. The molecule has 84 valence electrons. The molecule has 14 heavy (non-hydrogen) atoms. The number of ether oxygens (including phenoxy) is 1. The number of carbonyl (C=O) groups is 4. The summed E-state index contributed by atoms with van der Waals surface area (Å²) in [5.74, 6) is -0.750. The lowest BCUT2D eigenvalue weighted by molar-refractivity contribution is -0.149. The van der Waals surface area contributed by atoms with Crippen LogP contribution in [0.25, 0.3) is 0 Å². The highest BCUT2D eigenvalue weighted by molar-refractivity contribution is 6.62. The van der Waals surface area contributed by atoms with Gasteiger partial charge in [-0.3, -0.25) is 19.2 Å². The summed E-state index contributed by atoms with van der Waals surface area (Å²) in [4.78, 5) is 37.0. The first-order valence-corrected chi connectivity index (χ1v) is 3.02. The summed E-state index contributed by atoms with van der Waals surface area (Å²) in [7, 11) is 0. The number of carbonyl (C=O) groups excluding carboxylic acids is 3. The standard InChI is InChI=1S/C3H4O3.C2H3ClO.CH2O2.ClH/c1-3(5)6-2-4;1-2(3)4;2-1-3;/h2H,1H3;1H3;1H,(H,2,3);1H/i2T;;1T;. The Balaban J connectivity index is -0.0000000700. The van der Waals surface area contributed by atoms with Crippen molar-refractivity contribution in [2.45, 2.75) is 13.8 Å². The molecule has 0 fully saturated rings. The quantitative estimate of drug-likeness (QED) is 0.294. The van der Waals surface area contributed by atoms with Gasteiger partial charge in [0.2, 0.25) is 5.24 Å². The zero-order valence-corrected chi connectivity index (χ0v) is 8.85. The van der Waals surface area contributed by atoms with Crippen LogP contribution in [0.15, 0.2) is 0 Å². The van der Waals surface area contributed by atoms with E-state index in [-0.39, 0.29) is 17.6 Å². The lowest BCUT2D eigenvalue weighted by atomic mass is 10.8. The van der Waals surface area contributed by atoms with Crippen LogP contribution in [0.2, 0.25) is 0 Å². The molecular weight excluding hydrogens is 239 g/mol. The van der Waals surface area contributed by atoms with Gasteiger partial charge in [-0.25, -0.2) is 0 Å². The van der Waals surface area contributed by atoms with Crippen LogP contribution in [0.3, 0.4) is 0 Å². The maximum absolute atomic E-state index is 9.69. The van der Waals surface area contributed by atoms with Gasteiger partial charge in [0.15, 0.2) is 2.74 Å². The molecule has 1 N–H and O–H groups in total. The van der Waals surface area contributed by atoms with E-state index in [1.807, 2.05) is 0 Å². The summed E-state index contributed by atoms with van der Waals surface area (Å²) >= 11 is 4.64. The van der Waals surface area contributed by atoms with E-state index < -0.39 is 18.9 Å². The van der Waals surface area contributed by atoms with E-state index in [0.717, 1.165) is 6.92 Å². The second kappa shape index (κ2) is 22.6. The first-order chi connectivity index (χ1) is 6.59. The second-order valence-electron chi connectivity index (χ2n) is 1.24. The zero-order chi connectivity index (χ0) is 13.0. The number of hydrogen-bond acceptors (Lipinski definition) is 5. The van der Waals surface area contributed by atoms with Crippen LogP contribution >= 0.6 is 24.0 Å². The van der Waals surface area contributed by atoms with Crippen molar-refractivity contribution in [2.24, 2.45) is 0 Å². The first-order valence-electron chi connectivity index (χ1n) is 3.64. The Labute approximate surface area is 94.4 Å². The molecule has 0 spiro atoms. The molecule has 6 nitrogen and oxygen atoms in total. The Morgan fingerprint density at radius 2 is 1.64 bits per heavy atom. The molecule has 0 atom stereocenters. The average molecular weight is 253 g/mol. The van der Waals surface area contributed by atoms with Crippen molar-refractivity contribution >= 4 is 48.1 Å². The largest absolute Gasteiger partial charge is 0.483 e. The normalized spacial score (nSPS) is 7.64. The smallest absolute Gasteiger partial charge is 0.310 e. The molecule has 8 heteroatoms. The third-order valence-electron chi connectivity index (χ3n) is 0.185. The fraction of sp³-hybridized carbons (Fsp3) is 0.333. The van der Waals surface area contributed by atoms with Gasteiger partial charge in [-0.15, -0.1) is 12.4 Å². The SMILES string of the molecule is CC(=O)Cl.Cl.[3H]C(=O)O.[3H]C(=O)OC(C)=O. The van der Waals surface area contributed by atoms with Crippen molar-refractivity contribution in [3.8, 4) is 0 Å². The molecule has 0 aliphatic rings. The molecule has 0 heterocycles. The molecule has 0 saturated heterocycles. The third kappa shape index (κ3) is 305. The second-order valence-corrected chi connectivity index (χ2v) is 1.77. The van der Waals surface area contributed by atoms with Crippen molar-refractivity contribution in [1.29, 1.82) is 0 Å². The third-order valence-corrected chi connectivity index (χ3v) is 0.185. The number of rotatable bonds is 0. The van der Waals surface area contributed by atoms with Gasteiger partial charge in [-0.2, -0.15) is 0 Å². The predicted octanol–water partition coefficient (Wildman–Crippen LogP) is 0.600. The Bertz CT molecular complexity index is 213. The van der Waals surface area contributed by atoms with Gasteiger partial charge in [0, 0.05) is 13.8 Å². The van der Waals surface area contributed by atoms with Crippen LogP contribution in [0.4, 0.5) is 0 Å². The van der Waals surface area contributed by atoms with E-state index >= 15 is 0 Å². The number of carboxylic acid groups (broad SMARTS) is 1. The van der Waals surface area contributed by atoms with Gasteiger partial charge in [-0.1, -0.05) is 0 Å². The molecule has 0 aromatic heterocycles. The molecule has 0 radical (unpaired) electrons. The molecule has 0 amide bonds. The van der Waals surface area contributed by atoms with Crippen molar-refractivity contribution in [3.63, 3.8) is 0 Å². The van der Waals surface area contributed by atoms with Crippen molar-refractivity contribution in [1.82, 2.24) is 0 Å². The molecule has 0 bridgehead atoms. The summed E-state index contributed by atoms with van der Waals surface area (Å²) < 4.78 is 15.2. The van der Waals surface area contributed by atoms with Crippen LogP contribution < -0.4 is 0 Å². The minimum absolute atomic E-state index is 0. The monoisotopic (exact) mass is 252 g/mol. The molecule has 0 aliphatic heterocycles. The Morgan fingerprint density at radius 1 is 1.43 bits per heavy atom. The maximum atomic E-state index is 9.69. The molecular formula is C6H10Cl2O6. The highest BCUT2D eigenvalue weighted by Crippen LogP contribution is 1.67. The Morgan fingerprint density at radius 3 is 1.64 bits per heavy atom. The van der Waals surface area contributed by atoms with E-state index in [4.69, 9.17) is 12.6 Å². The van der Waals surface area contributed by atoms with Gasteiger partial charge < -0.3 is 9.84 Å². The van der Waals surface area contributed by atoms with E-state index in [9.17, 15) is 14.4 Å². The van der Waals surface area contributed by atoms with Crippen LogP contribution in [-0.4, -0.2) is 29.2 Å². The summed E-state index contributed by atoms with van der Waals surface area (Å²) in [6.45, 7) is 2.36. The lowest BCUT2D eigenvalue weighted by Crippen LogP contribution is -1.93. The molecule has 0 unspecified atom stereocenters. The van der Waals surface area contributed by atoms with Crippen LogP contribution in [-0.2, 0) is 23.9 Å². The van der Waals surface area contributed by atoms with E-state index in [2.05, 4.69) is 16.3 Å². The zero-order valence-electron chi connectivity index (χ0n) is 9.27. The van der Waals surface area contributed by atoms with Gasteiger partial charge in [-0.05, 0) is 11.6 Å². The minimum atomic E-state index is -1.58. The minimum Gasteiger partial charge on any atom is -0.483 e. The summed E-state index contributed by atoms with van der Waals surface area (Å²) in [6.07, 6.45) is -2.90. The van der Waals surface area contributed by atoms with Gasteiger partial charge in [0.05, 0.1) is 0 Å². The predicted molar refractivity (Wildman–Crippen MR) is 50.3 cm³/mol. The van der Waals surface area contributed by atoms with Crippen LogP contribution in [0.1, 0.15) is 16.6 Å². The summed E-state index contributed by atoms with van der Waals surface area (Å²) in [5, 5.41) is 6.72. The molecule has 0 rings (SSSR count). The van der Waals surface area contributed by atoms with Gasteiger partial charge >= 0.3 is 12.4 Å². The van der Waals surface area contributed by atoms with Crippen LogP contribution in [0, 0.1) is 0 Å². The number of esters is 1.